The molecule has 0 atom stereocenters. The van der Waals surface area contributed by atoms with E-state index in [9.17, 15) is 10.1 Å². The Hall–Kier alpha value is -3.56. The summed E-state index contributed by atoms with van der Waals surface area (Å²) < 4.78 is 11.0. The van der Waals surface area contributed by atoms with Crippen molar-refractivity contribution in [3.8, 4) is 11.3 Å². The molecule has 5 rings (SSSR count). The number of aryl methyl sites for hydroxylation is 1. The van der Waals surface area contributed by atoms with Crippen LogP contribution in [-0.2, 0) is 17.9 Å². The summed E-state index contributed by atoms with van der Waals surface area (Å²) in [5, 5.41) is 11.2. The number of fused-ring (bicyclic) bond motifs is 3. The Kier molecular flexibility index (Phi) is 5.42. The van der Waals surface area contributed by atoms with E-state index in [-0.39, 0.29) is 5.82 Å². The molecule has 0 fully saturated rings. The van der Waals surface area contributed by atoms with Crippen LogP contribution in [-0.4, -0.2) is 30.5 Å². The van der Waals surface area contributed by atoms with Gasteiger partial charge >= 0.3 is 5.82 Å². The Morgan fingerprint density at radius 1 is 1.12 bits per heavy atom. The molecule has 0 saturated heterocycles. The lowest BCUT2D eigenvalue weighted by Gasteiger charge is -2.08. The van der Waals surface area contributed by atoms with E-state index in [1.54, 1.807) is 22.8 Å². The average molecular weight is 448 g/mol. The molecule has 0 aliphatic carbocycles. The van der Waals surface area contributed by atoms with Crippen molar-refractivity contribution in [3.05, 3.63) is 82.4 Å². The first kappa shape index (κ1) is 20.3. The number of nitrogens with zero attached hydrogens (tertiary/aromatic N) is 5. The molecular weight excluding hydrogens is 426 g/mol. The average Bonchev–Trinajstić information content (AvgIpc) is 3.46. The van der Waals surface area contributed by atoms with Crippen LogP contribution in [0, 0.1) is 17.0 Å². The highest BCUT2D eigenvalue weighted by molar-refractivity contribution is 7.23. The number of ether oxygens (including phenoxy) is 1. The molecule has 162 valence electrons. The molecule has 5 aromatic rings. The van der Waals surface area contributed by atoms with Gasteiger partial charge in [0.25, 0.3) is 0 Å². The molecule has 0 aliphatic heterocycles. The Balaban J connectivity index is 1.37. The molecule has 0 bridgehead atoms. The van der Waals surface area contributed by atoms with Crippen molar-refractivity contribution in [1.82, 2.24) is 18.9 Å². The number of hydrogen-bond acceptors (Lipinski definition) is 6. The van der Waals surface area contributed by atoms with Gasteiger partial charge in [0.1, 0.15) is 6.20 Å². The minimum Gasteiger partial charge on any atom is -0.375 e. The van der Waals surface area contributed by atoms with Crippen LogP contribution in [0.1, 0.15) is 17.9 Å². The quantitative estimate of drug-likeness (QED) is 0.184. The van der Waals surface area contributed by atoms with E-state index in [4.69, 9.17) is 9.72 Å². The molecule has 8 nitrogen and oxygen atoms in total. The first-order valence-corrected chi connectivity index (χ1v) is 11.1. The van der Waals surface area contributed by atoms with Gasteiger partial charge in [0.15, 0.2) is 10.8 Å². The molecule has 0 amide bonds. The van der Waals surface area contributed by atoms with Crippen LogP contribution in [0.15, 0.2) is 60.8 Å². The summed E-state index contributed by atoms with van der Waals surface area (Å²) in [6.07, 6.45) is 1.94. The normalized spacial score (nSPS) is 11.5. The largest absolute Gasteiger partial charge is 0.375 e. The van der Waals surface area contributed by atoms with Crippen molar-refractivity contribution < 1.29 is 9.66 Å². The molecule has 0 radical (unpaired) electrons. The summed E-state index contributed by atoms with van der Waals surface area (Å²) >= 11 is 1.66. The SMILES string of the molecule is Cc1ncc([N+](=O)[O-])n1CCCOCc1c(-c2ccccc2)nc2sc3ccccc3n12. The van der Waals surface area contributed by atoms with Crippen LogP contribution in [0.5, 0.6) is 0 Å². The number of aromatic nitrogens is 4. The summed E-state index contributed by atoms with van der Waals surface area (Å²) in [5.41, 5.74) is 4.10. The highest BCUT2D eigenvalue weighted by atomic mass is 32.1. The van der Waals surface area contributed by atoms with Crippen LogP contribution >= 0.6 is 11.3 Å². The van der Waals surface area contributed by atoms with Crippen LogP contribution in [0.25, 0.3) is 26.4 Å². The lowest BCUT2D eigenvalue weighted by Crippen LogP contribution is -2.08. The second kappa shape index (κ2) is 8.52. The minimum atomic E-state index is -0.405. The van der Waals surface area contributed by atoms with Gasteiger partial charge in [-0.1, -0.05) is 53.8 Å². The maximum atomic E-state index is 11.2. The van der Waals surface area contributed by atoms with E-state index in [0.29, 0.717) is 32.0 Å². The fourth-order valence-electron chi connectivity index (χ4n) is 3.91. The van der Waals surface area contributed by atoms with Crippen LogP contribution in [0.4, 0.5) is 5.82 Å². The highest BCUT2D eigenvalue weighted by Crippen LogP contribution is 2.33. The van der Waals surface area contributed by atoms with Gasteiger partial charge in [-0.15, -0.1) is 0 Å². The summed E-state index contributed by atoms with van der Waals surface area (Å²) in [4.78, 5) is 20.7. The number of hydrogen-bond donors (Lipinski definition) is 0. The first-order valence-electron chi connectivity index (χ1n) is 10.3. The zero-order valence-corrected chi connectivity index (χ0v) is 18.3. The summed E-state index contributed by atoms with van der Waals surface area (Å²) in [5.74, 6) is 0.640. The number of rotatable bonds is 8. The molecule has 0 unspecified atom stereocenters. The van der Waals surface area contributed by atoms with Crippen molar-refractivity contribution in [1.29, 1.82) is 0 Å². The van der Waals surface area contributed by atoms with Crippen molar-refractivity contribution >= 4 is 32.3 Å². The van der Waals surface area contributed by atoms with Gasteiger partial charge in [-0.05, 0) is 17.1 Å². The van der Waals surface area contributed by atoms with Gasteiger partial charge in [0.2, 0.25) is 0 Å². The second-order valence-corrected chi connectivity index (χ2v) is 8.45. The Morgan fingerprint density at radius 2 is 1.91 bits per heavy atom. The third-order valence-electron chi connectivity index (χ3n) is 5.43. The Labute approximate surface area is 187 Å². The number of nitro groups is 1. The van der Waals surface area contributed by atoms with E-state index in [2.05, 4.69) is 33.7 Å². The monoisotopic (exact) mass is 447 g/mol. The van der Waals surface area contributed by atoms with Crippen molar-refractivity contribution in [2.24, 2.45) is 0 Å². The first-order chi connectivity index (χ1) is 15.6. The standard InChI is InChI=1S/C23H21N5O3S/c1-16-24-14-21(28(29)30)26(16)12-7-13-31-15-19-22(17-8-3-2-4-9-17)25-23-27(19)18-10-5-6-11-20(18)32-23/h2-6,8-11,14H,7,12-13,15H2,1H3. The van der Waals surface area contributed by atoms with E-state index in [1.807, 2.05) is 30.3 Å². The van der Waals surface area contributed by atoms with Crippen molar-refractivity contribution in [3.63, 3.8) is 0 Å². The lowest BCUT2D eigenvalue weighted by atomic mass is 10.1. The predicted octanol–water partition coefficient (Wildman–Crippen LogP) is 5.24. The fraction of sp³-hybridized carbons (Fsp3) is 0.217. The molecule has 0 aliphatic rings. The second-order valence-electron chi connectivity index (χ2n) is 7.44. The molecule has 0 spiro atoms. The molecule has 3 aromatic heterocycles. The number of para-hydroxylation sites is 1. The van der Waals surface area contributed by atoms with E-state index in [0.717, 1.165) is 27.4 Å². The van der Waals surface area contributed by atoms with Crippen LogP contribution < -0.4 is 0 Å². The van der Waals surface area contributed by atoms with E-state index < -0.39 is 4.92 Å². The Morgan fingerprint density at radius 3 is 2.72 bits per heavy atom. The molecule has 0 saturated carbocycles. The third kappa shape index (κ3) is 3.65. The number of benzene rings is 2. The van der Waals surface area contributed by atoms with Crippen molar-refractivity contribution in [2.75, 3.05) is 6.61 Å². The Bertz CT molecular complexity index is 1400. The molecule has 3 heterocycles. The van der Waals surface area contributed by atoms with Gasteiger partial charge in [-0.25, -0.2) is 14.5 Å². The fourth-order valence-corrected chi connectivity index (χ4v) is 4.95. The van der Waals surface area contributed by atoms with Gasteiger partial charge in [-0.2, -0.15) is 0 Å². The smallest absolute Gasteiger partial charge is 0.342 e. The summed E-state index contributed by atoms with van der Waals surface area (Å²) in [6.45, 7) is 3.12. The third-order valence-corrected chi connectivity index (χ3v) is 6.45. The van der Waals surface area contributed by atoms with Gasteiger partial charge in [0.05, 0.1) is 41.4 Å². The summed E-state index contributed by atoms with van der Waals surface area (Å²) in [7, 11) is 0. The zero-order valence-electron chi connectivity index (χ0n) is 17.5. The van der Waals surface area contributed by atoms with Gasteiger partial charge in [-0.3, -0.25) is 4.40 Å². The van der Waals surface area contributed by atoms with Crippen molar-refractivity contribution in [2.45, 2.75) is 26.5 Å². The van der Waals surface area contributed by atoms with Gasteiger partial charge in [0, 0.05) is 18.9 Å². The lowest BCUT2D eigenvalue weighted by molar-refractivity contribution is -0.392. The predicted molar refractivity (Wildman–Crippen MR) is 124 cm³/mol. The summed E-state index contributed by atoms with van der Waals surface area (Å²) in [6, 6.07) is 18.4. The van der Waals surface area contributed by atoms with E-state index >= 15 is 0 Å². The van der Waals surface area contributed by atoms with Crippen LogP contribution in [0.2, 0.25) is 0 Å². The number of thiazole rings is 1. The molecular formula is C23H21N5O3S. The molecule has 0 N–H and O–H groups in total. The topological polar surface area (TPSA) is 87.5 Å². The zero-order chi connectivity index (χ0) is 22.1. The van der Waals surface area contributed by atoms with Gasteiger partial charge < -0.3 is 14.9 Å². The molecule has 32 heavy (non-hydrogen) atoms. The minimum absolute atomic E-state index is 0.0103. The maximum absolute atomic E-state index is 11.2. The van der Waals surface area contributed by atoms with Crippen LogP contribution in [0.3, 0.4) is 0 Å². The molecule has 2 aromatic carbocycles. The highest BCUT2D eigenvalue weighted by Gasteiger charge is 2.19. The number of imidazole rings is 2. The van der Waals surface area contributed by atoms with E-state index in [1.165, 1.54) is 10.9 Å². The maximum Gasteiger partial charge on any atom is 0.342 e. The molecule has 9 heteroatoms.